The maximum Gasteiger partial charge on any atom is 0.324 e. The second kappa shape index (κ2) is 5.84. The van der Waals surface area contributed by atoms with Crippen LogP contribution in [0.25, 0.3) is 0 Å². The Morgan fingerprint density at radius 3 is 2.86 bits per heavy atom. The third-order valence-electron chi connectivity index (χ3n) is 3.77. The number of urea groups is 2. The van der Waals surface area contributed by atoms with Crippen molar-refractivity contribution in [3.8, 4) is 0 Å². The van der Waals surface area contributed by atoms with Gasteiger partial charge in [0.15, 0.2) is 0 Å². The van der Waals surface area contributed by atoms with Gasteiger partial charge in [-0.05, 0) is 24.6 Å². The lowest BCUT2D eigenvalue weighted by Crippen LogP contribution is -2.43. The lowest BCUT2D eigenvalue weighted by molar-refractivity contribution is -0.126. The highest BCUT2D eigenvalue weighted by molar-refractivity contribution is 6.30. The van der Waals surface area contributed by atoms with Gasteiger partial charge in [0, 0.05) is 23.8 Å². The highest BCUT2D eigenvalue weighted by atomic mass is 35.5. The van der Waals surface area contributed by atoms with Crippen LogP contribution in [0.4, 0.5) is 15.3 Å². The zero-order chi connectivity index (χ0) is 15.7. The number of rotatable bonds is 2. The Morgan fingerprint density at radius 1 is 1.36 bits per heavy atom. The number of hydrogen-bond acceptors (Lipinski definition) is 3. The zero-order valence-electron chi connectivity index (χ0n) is 11.7. The van der Waals surface area contributed by atoms with Crippen molar-refractivity contribution in [3.63, 3.8) is 0 Å². The topological polar surface area (TPSA) is 81.8 Å². The number of nitrogens with zero attached hydrogens (tertiary/aromatic N) is 2. The molecule has 116 valence electrons. The number of anilines is 1. The molecule has 2 saturated heterocycles. The summed E-state index contributed by atoms with van der Waals surface area (Å²) in [5.41, 5.74) is 0.607. The Balaban J connectivity index is 1.61. The number of nitrogens with one attached hydrogen (secondary N) is 2. The van der Waals surface area contributed by atoms with E-state index in [-0.39, 0.29) is 30.6 Å². The van der Waals surface area contributed by atoms with Crippen molar-refractivity contribution in [1.82, 2.24) is 15.1 Å². The second-order valence-electron chi connectivity index (χ2n) is 5.25. The SMILES string of the molecule is O=C(Nc1cccc(Cl)c1)N1CCC(N2C(=O)CNC2=O)C1. The van der Waals surface area contributed by atoms with Crippen LogP contribution in [0.2, 0.25) is 5.02 Å². The fraction of sp³-hybridized carbons (Fsp3) is 0.357. The van der Waals surface area contributed by atoms with Gasteiger partial charge in [-0.3, -0.25) is 9.69 Å². The van der Waals surface area contributed by atoms with Crippen LogP contribution in [0.1, 0.15) is 6.42 Å². The van der Waals surface area contributed by atoms with E-state index < -0.39 is 0 Å². The van der Waals surface area contributed by atoms with E-state index >= 15 is 0 Å². The maximum absolute atomic E-state index is 12.2. The normalized spacial score (nSPS) is 21.2. The number of carbonyl (C=O) groups is 3. The van der Waals surface area contributed by atoms with Gasteiger partial charge in [-0.25, -0.2) is 9.59 Å². The lowest BCUT2D eigenvalue weighted by Gasteiger charge is -2.21. The predicted octanol–water partition coefficient (Wildman–Crippen LogP) is 1.50. The summed E-state index contributed by atoms with van der Waals surface area (Å²) in [7, 11) is 0. The molecule has 7 nitrogen and oxygen atoms in total. The van der Waals surface area contributed by atoms with Gasteiger partial charge in [-0.2, -0.15) is 0 Å². The van der Waals surface area contributed by atoms with Gasteiger partial charge < -0.3 is 15.5 Å². The van der Waals surface area contributed by atoms with E-state index in [1.54, 1.807) is 29.2 Å². The van der Waals surface area contributed by atoms with Crippen LogP contribution in [0.3, 0.4) is 0 Å². The molecule has 0 aliphatic carbocycles. The fourth-order valence-electron chi connectivity index (χ4n) is 2.71. The first-order valence-corrected chi connectivity index (χ1v) is 7.34. The van der Waals surface area contributed by atoms with Gasteiger partial charge in [0.25, 0.3) is 0 Å². The molecule has 3 rings (SSSR count). The minimum absolute atomic E-state index is 0.0318. The van der Waals surface area contributed by atoms with Crippen LogP contribution in [-0.4, -0.2) is 53.4 Å². The highest BCUT2D eigenvalue weighted by Gasteiger charge is 2.39. The fourth-order valence-corrected chi connectivity index (χ4v) is 2.90. The molecule has 2 aliphatic heterocycles. The van der Waals surface area contributed by atoms with E-state index in [2.05, 4.69) is 10.6 Å². The molecule has 1 aromatic rings. The molecule has 1 aromatic carbocycles. The van der Waals surface area contributed by atoms with Gasteiger partial charge in [0.2, 0.25) is 5.91 Å². The molecule has 1 unspecified atom stereocenters. The average molecular weight is 323 g/mol. The Hall–Kier alpha value is -2.28. The van der Waals surface area contributed by atoms with Crippen LogP contribution >= 0.6 is 11.6 Å². The second-order valence-corrected chi connectivity index (χ2v) is 5.69. The summed E-state index contributed by atoms with van der Waals surface area (Å²) < 4.78 is 0. The molecule has 0 saturated carbocycles. The number of likely N-dealkylation sites (tertiary alicyclic amines) is 1. The van der Waals surface area contributed by atoms with E-state index in [1.165, 1.54) is 4.90 Å². The van der Waals surface area contributed by atoms with Crippen LogP contribution in [0, 0.1) is 0 Å². The smallest absolute Gasteiger partial charge is 0.324 e. The monoisotopic (exact) mass is 322 g/mol. The summed E-state index contributed by atoms with van der Waals surface area (Å²) in [6, 6.07) is 5.96. The van der Waals surface area contributed by atoms with Crippen LogP contribution < -0.4 is 10.6 Å². The first kappa shape index (κ1) is 14.6. The Morgan fingerprint density at radius 2 is 2.18 bits per heavy atom. The van der Waals surface area contributed by atoms with E-state index in [0.29, 0.717) is 30.2 Å². The Bertz CT molecular complexity index is 620. The summed E-state index contributed by atoms with van der Waals surface area (Å²) in [5.74, 6) is -0.243. The molecule has 0 radical (unpaired) electrons. The molecule has 2 fully saturated rings. The molecule has 2 N–H and O–H groups in total. The van der Waals surface area contributed by atoms with Gasteiger partial charge >= 0.3 is 12.1 Å². The predicted molar refractivity (Wildman–Crippen MR) is 80.7 cm³/mol. The van der Waals surface area contributed by atoms with Crippen LogP contribution in [-0.2, 0) is 4.79 Å². The Kier molecular flexibility index (Phi) is 3.89. The Labute approximate surface area is 132 Å². The van der Waals surface area contributed by atoms with E-state index in [0.717, 1.165) is 0 Å². The lowest BCUT2D eigenvalue weighted by atomic mass is 10.2. The van der Waals surface area contributed by atoms with Gasteiger partial charge in [0.05, 0.1) is 12.6 Å². The zero-order valence-corrected chi connectivity index (χ0v) is 12.5. The van der Waals surface area contributed by atoms with Crippen molar-refractivity contribution in [2.45, 2.75) is 12.5 Å². The molecule has 5 amide bonds. The maximum atomic E-state index is 12.2. The number of amides is 5. The quantitative estimate of drug-likeness (QED) is 0.810. The van der Waals surface area contributed by atoms with Crippen molar-refractivity contribution in [2.24, 2.45) is 0 Å². The van der Waals surface area contributed by atoms with Crippen molar-refractivity contribution in [3.05, 3.63) is 29.3 Å². The standard InChI is InChI=1S/C14H15ClN4O3/c15-9-2-1-3-10(6-9)17-14(22)18-5-4-11(8-18)19-12(20)7-16-13(19)21/h1-3,6,11H,4-5,7-8H2,(H,16,21)(H,17,22). The van der Waals surface area contributed by atoms with Gasteiger partial charge in [-0.15, -0.1) is 0 Å². The molecule has 22 heavy (non-hydrogen) atoms. The molecule has 1 atom stereocenters. The first-order valence-electron chi connectivity index (χ1n) is 6.96. The van der Waals surface area contributed by atoms with Crippen molar-refractivity contribution in [1.29, 1.82) is 0 Å². The average Bonchev–Trinajstić information content (AvgIpc) is 3.06. The first-order chi connectivity index (χ1) is 10.5. The van der Waals surface area contributed by atoms with Crippen LogP contribution in [0.15, 0.2) is 24.3 Å². The summed E-state index contributed by atoms with van der Waals surface area (Å²) in [6.07, 6.45) is 0.585. The molecule has 2 aliphatic rings. The molecule has 0 aromatic heterocycles. The largest absolute Gasteiger partial charge is 0.329 e. The third-order valence-corrected chi connectivity index (χ3v) is 4.01. The molecule has 0 bridgehead atoms. The highest BCUT2D eigenvalue weighted by Crippen LogP contribution is 2.20. The minimum atomic E-state index is -0.382. The van der Waals surface area contributed by atoms with E-state index in [4.69, 9.17) is 11.6 Å². The summed E-state index contributed by atoms with van der Waals surface area (Å²) in [4.78, 5) is 38.3. The summed E-state index contributed by atoms with van der Waals surface area (Å²) in [6.45, 7) is 0.865. The van der Waals surface area contributed by atoms with Crippen molar-refractivity contribution >= 4 is 35.3 Å². The van der Waals surface area contributed by atoms with Gasteiger partial charge in [0.1, 0.15) is 0 Å². The van der Waals surface area contributed by atoms with Gasteiger partial charge in [-0.1, -0.05) is 17.7 Å². The minimum Gasteiger partial charge on any atom is -0.329 e. The number of hydrogen-bond donors (Lipinski definition) is 2. The number of carbonyl (C=O) groups excluding carboxylic acids is 3. The molecule has 2 heterocycles. The van der Waals surface area contributed by atoms with E-state index in [1.807, 2.05) is 0 Å². The van der Waals surface area contributed by atoms with E-state index in [9.17, 15) is 14.4 Å². The van der Waals surface area contributed by atoms with Crippen LogP contribution in [0.5, 0.6) is 0 Å². The molecular formula is C14H15ClN4O3. The molecular weight excluding hydrogens is 308 g/mol. The molecule has 0 spiro atoms. The summed E-state index contributed by atoms with van der Waals surface area (Å²) in [5, 5.41) is 5.79. The number of benzene rings is 1. The molecule has 8 heteroatoms. The van der Waals surface area contributed by atoms with Crippen molar-refractivity contribution < 1.29 is 14.4 Å². The third kappa shape index (κ3) is 2.85. The summed E-state index contributed by atoms with van der Waals surface area (Å²) >= 11 is 5.88. The van der Waals surface area contributed by atoms with Crippen molar-refractivity contribution in [2.75, 3.05) is 25.0 Å². The number of imide groups is 1. The number of halogens is 1.